The van der Waals surface area contributed by atoms with Gasteiger partial charge in [-0.1, -0.05) is 0 Å². The van der Waals surface area contributed by atoms with E-state index >= 15 is 0 Å². The summed E-state index contributed by atoms with van der Waals surface area (Å²) in [7, 11) is 1.66. The van der Waals surface area contributed by atoms with Gasteiger partial charge in [0.05, 0.1) is 18.2 Å². The molecule has 1 aliphatic heterocycles. The van der Waals surface area contributed by atoms with Gasteiger partial charge in [-0.05, 0) is 49.9 Å². The van der Waals surface area contributed by atoms with Crippen LogP contribution in [0.15, 0.2) is 53.6 Å². The molecule has 1 fully saturated rings. The van der Waals surface area contributed by atoms with Crippen molar-refractivity contribution in [1.29, 1.82) is 0 Å². The van der Waals surface area contributed by atoms with Gasteiger partial charge in [-0.2, -0.15) is 0 Å². The van der Waals surface area contributed by atoms with E-state index in [9.17, 15) is 27.2 Å². The van der Waals surface area contributed by atoms with E-state index in [1.165, 1.54) is 30.6 Å². The van der Waals surface area contributed by atoms with Crippen molar-refractivity contribution in [3.8, 4) is 11.5 Å². The molecular weight excluding hydrogens is 506 g/mol. The number of aromatic nitrogens is 2. The van der Waals surface area contributed by atoms with Gasteiger partial charge in [0.2, 0.25) is 5.91 Å². The molecule has 2 aromatic heterocycles. The largest absolute Gasteiger partial charge is 0.453 e. The highest BCUT2D eigenvalue weighted by Gasteiger charge is 2.46. The Bertz CT molecular complexity index is 1350. The number of amides is 1. The Kier molecular flexibility index (Phi) is 8.12. The molecule has 4 rings (SSSR count). The average Bonchev–Trinajstić information content (AvgIpc) is 2.88. The second kappa shape index (κ2) is 11.3. The number of hydrogen-bond acceptors (Lipinski definition) is 6. The highest BCUT2D eigenvalue weighted by molar-refractivity contribution is 5.93. The third-order valence-corrected chi connectivity index (χ3v) is 6.47. The standard InChI is InChI=1S/C26H27F4N5O3/c1-15(24(36)34-23-6-4-19(13-32-23)38-22-5-3-18(27)10-21(22)28)35-8-7-26(29,30)20(14-35)16-9-17(11-31-2)25(37)33-12-16/h3-6,9-10,12-13,15,20,31H,7-8,11,14H2,1-2H3,(H,33,37)(H,32,34,36)/t15?,20-/m1/s1. The maximum Gasteiger partial charge on any atom is 0.257 e. The molecule has 3 aromatic rings. The maximum atomic E-state index is 14.9. The number of likely N-dealkylation sites (tertiary alicyclic amines) is 1. The van der Waals surface area contributed by atoms with Crippen molar-refractivity contribution >= 4 is 11.7 Å². The second-order valence-corrected chi connectivity index (χ2v) is 9.10. The molecule has 202 valence electrons. The van der Waals surface area contributed by atoms with Gasteiger partial charge in [0.1, 0.15) is 17.4 Å². The van der Waals surface area contributed by atoms with E-state index in [1.807, 2.05) is 0 Å². The topological polar surface area (TPSA) is 99.3 Å². The Hall–Kier alpha value is -3.77. The van der Waals surface area contributed by atoms with Gasteiger partial charge in [0, 0.05) is 43.9 Å². The number of ether oxygens (including phenoxy) is 1. The summed E-state index contributed by atoms with van der Waals surface area (Å²) in [4.78, 5) is 33.2. The Balaban J connectivity index is 1.41. The summed E-state index contributed by atoms with van der Waals surface area (Å²) in [6, 6.07) is 6.52. The molecule has 12 heteroatoms. The fourth-order valence-corrected chi connectivity index (χ4v) is 4.30. The summed E-state index contributed by atoms with van der Waals surface area (Å²) in [5.41, 5.74) is 0.301. The van der Waals surface area contributed by atoms with Crippen molar-refractivity contribution in [2.45, 2.75) is 37.8 Å². The summed E-state index contributed by atoms with van der Waals surface area (Å²) in [5, 5.41) is 5.49. The molecule has 1 saturated heterocycles. The van der Waals surface area contributed by atoms with Gasteiger partial charge < -0.3 is 20.4 Å². The number of carbonyl (C=O) groups excluding carboxylic acids is 1. The molecular formula is C26H27F4N5O3. The number of carbonyl (C=O) groups is 1. The molecule has 0 aliphatic carbocycles. The first-order chi connectivity index (χ1) is 18.1. The number of pyridine rings is 2. The van der Waals surface area contributed by atoms with Gasteiger partial charge in [-0.15, -0.1) is 0 Å². The van der Waals surface area contributed by atoms with E-state index < -0.39 is 41.8 Å². The van der Waals surface area contributed by atoms with Crippen LogP contribution in [0.4, 0.5) is 23.4 Å². The van der Waals surface area contributed by atoms with Gasteiger partial charge in [0.15, 0.2) is 11.6 Å². The van der Waals surface area contributed by atoms with Crippen LogP contribution in [0.1, 0.15) is 30.4 Å². The summed E-state index contributed by atoms with van der Waals surface area (Å²) >= 11 is 0. The predicted octanol–water partition coefficient (Wildman–Crippen LogP) is 4.01. The summed E-state index contributed by atoms with van der Waals surface area (Å²) in [5.74, 6) is -6.11. The number of alkyl halides is 2. The molecule has 3 heterocycles. The molecule has 2 atom stereocenters. The fraction of sp³-hybridized carbons (Fsp3) is 0.346. The Labute approximate surface area is 216 Å². The number of piperidine rings is 1. The van der Waals surface area contributed by atoms with Crippen LogP contribution < -0.4 is 20.9 Å². The van der Waals surface area contributed by atoms with E-state index in [0.29, 0.717) is 17.2 Å². The number of benzene rings is 1. The van der Waals surface area contributed by atoms with E-state index in [4.69, 9.17) is 4.74 Å². The zero-order valence-corrected chi connectivity index (χ0v) is 20.7. The molecule has 0 radical (unpaired) electrons. The first-order valence-electron chi connectivity index (χ1n) is 11.9. The monoisotopic (exact) mass is 533 g/mol. The molecule has 38 heavy (non-hydrogen) atoms. The zero-order valence-electron chi connectivity index (χ0n) is 20.7. The average molecular weight is 534 g/mol. The minimum Gasteiger partial charge on any atom is -0.453 e. The van der Waals surface area contributed by atoms with Crippen molar-refractivity contribution in [3.05, 3.63) is 81.9 Å². The number of rotatable bonds is 8. The molecule has 1 amide bonds. The second-order valence-electron chi connectivity index (χ2n) is 9.10. The minimum absolute atomic E-state index is 0.00819. The SMILES string of the molecule is CNCc1cc([C@H]2CN(C(C)C(=O)Nc3ccc(Oc4ccc(F)cc4F)cn3)CCC2(F)F)c[nH]c1=O. The third-order valence-electron chi connectivity index (χ3n) is 6.47. The summed E-state index contributed by atoms with van der Waals surface area (Å²) in [6.45, 7) is 1.77. The lowest BCUT2D eigenvalue weighted by molar-refractivity contribution is -0.125. The van der Waals surface area contributed by atoms with E-state index in [2.05, 4.69) is 20.6 Å². The number of aromatic amines is 1. The van der Waals surface area contributed by atoms with Gasteiger partial charge in [0.25, 0.3) is 11.5 Å². The number of nitrogens with one attached hydrogen (secondary N) is 3. The minimum atomic E-state index is -3.01. The lowest BCUT2D eigenvalue weighted by atomic mass is 9.86. The van der Waals surface area contributed by atoms with Crippen molar-refractivity contribution in [2.75, 3.05) is 25.5 Å². The van der Waals surface area contributed by atoms with Crippen LogP contribution >= 0.6 is 0 Å². The predicted molar refractivity (Wildman–Crippen MR) is 132 cm³/mol. The third kappa shape index (κ3) is 6.20. The number of nitrogens with zero attached hydrogens (tertiary/aromatic N) is 2. The first-order valence-corrected chi connectivity index (χ1v) is 11.9. The van der Waals surface area contributed by atoms with Crippen LogP contribution in [0.3, 0.4) is 0 Å². The zero-order chi connectivity index (χ0) is 27.4. The van der Waals surface area contributed by atoms with E-state index in [-0.39, 0.29) is 42.5 Å². The Morgan fingerprint density at radius 1 is 1.26 bits per heavy atom. The first kappa shape index (κ1) is 27.3. The highest BCUT2D eigenvalue weighted by Crippen LogP contribution is 2.40. The van der Waals surface area contributed by atoms with Crippen molar-refractivity contribution < 1.29 is 27.1 Å². The van der Waals surface area contributed by atoms with Gasteiger partial charge in [-0.25, -0.2) is 22.5 Å². The van der Waals surface area contributed by atoms with Crippen LogP contribution in [0.2, 0.25) is 0 Å². The van der Waals surface area contributed by atoms with Crippen LogP contribution in [-0.2, 0) is 11.3 Å². The molecule has 0 spiro atoms. The molecule has 0 saturated carbocycles. The highest BCUT2D eigenvalue weighted by atomic mass is 19.3. The molecule has 8 nitrogen and oxygen atoms in total. The Morgan fingerprint density at radius 2 is 2.05 bits per heavy atom. The summed E-state index contributed by atoms with van der Waals surface area (Å²) < 4.78 is 62.0. The van der Waals surface area contributed by atoms with Crippen LogP contribution in [0, 0.1) is 11.6 Å². The smallest absolute Gasteiger partial charge is 0.257 e. The fourth-order valence-electron chi connectivity index (χ4n) is 4.30. The Morgan fingerprint density at radius 3 is 2.74 bits per heavy atom. The van der Waals surface area contributed by atoms with Gasteiger partial charge >= 0.3 is 0 Å². The van der Waals surface area contributed by atoms with E-state index in [0.717, 1.165) is 12.1 Å². The van der Waals surface area contributed by atoms with Crippen LogP contribution in [0.25, 0.3) is 0 Å². The quantitative estimate of drug-likeness (QED) is 0.379. The molecule has 1 aliphatic rings. The van der Waals surface area contributed by atoms with Crippen molar-refractivity contribution in [2.24, 2.45) is 0 Å². The molecule has 0 bridgehead atoms. The van der Waals surface area contributed by atoms with Crippen LogP contribution in [0.5, 0.6) is 11.5 Å². The number of anilines is 1. The molecule has 1 unspecified atom stereocenters. The van der Waals surface area contributed by atoms with Crippen LogP contribution in [-0.4, -0.2) is 52.9 Å². The van der Waals surface area contributed by atoms with E-state index in [1.54, 1.807) is 18.9 Å². The van der Waals surface area contributed by atoms with Crippen molar-refractivity contribution in [1.82, 2.24) is 20.2 Å². The number of halogens is 4. The number of H-pyrrole nitrogens is 1. The maximum absolute atomic E-state index is 14.9. The molecule has 3 N–H and O–H groups in total. The normalized spacial score (nSPS) is 18.1. The van der Waals surface area contributed by atoms with Crippen molar-refractivity contribution in [3.63, 3.8) is 0 Å². The lowest BCUT2D eigenvalue weighted by Gasteiger charge is -2.40. The number of hydrogen-bond donors (Lipinski definition) is 3. The molecule has 1 aromatic carbocycles. The summed E-state index contributed by atoms with van der Waals surface area (Å²) in [6.07, 6.45) is 2.12. The lowest BCUT2D eigenvalue weighted by Crippen LogP contribution is -2.52. The van der Waals surface area contributed by atoms with Gasteiger partial charge in [-0.3, -0.25) is 14.5 Å².